The average molecular weight is 333 g/mol. The van der Waals surface area contributed by atoms with E-state index in [0.717, 1.165) is 10.8 Å². The second kappa shape index (κ2) is 6.08. The Morgan fingerprint density at radius 3 is 2.68 bits per heavy atom. The molecule has 3 N–H and O–H groups in total. The minimum atomic E-state index is -0.417. The van der Waals surface area contributed by atoms with Gasteiger partial charge in [0.25, 0.3) is 0 Å². The first kappa shape index (κ1) is 14.9. The van der Waals surface area contributed by atoms with Crippen LogP contribution < -0.4 is 11.2 Å². The lowest BCUT2D eigenvalue weighted by Crippen LogP contribution is -2.29. The highest BCUT2D eigenvalue weighted by molar-refractivity contribution is 6.72. The number of aromatic nitrogens is 2. The highest BCUT2D eigenvalue weighted by Crippen LogP contribution is 2.22. The van der Waals surface area contributed by atoms with E-state index in [9.17, 15) is 4.39 Å². The van der Waals surface area contributed by atoms with Crippen LogP contribution in [0.25, 0.3) is 10.8 Å². The molecule has 0 fully saturated rings. The van der Waals surface area contributed by atoms with Crippen LogP contribution in [0.1, 0.15) is 5.56 Å². The van der Waals surface area contributed by atoms with Crippen LogP contribution in [0.3, 0.4) is 0 Å². The zero-order chi connectivity index (χ0) is 17.2. The summed E-state index contributed by atoms with van der Waals surface area (Å²) in [6.07, 6.45) is 3.29. The van der Waals surface area contributed by atoms with E-state index >= 15 is 0 Å². The molecule has 0 atom stereocenters. The van der Waals surface area contributed by atoms with Gasteiger partial charge in [0.05, 0.1) is 18.1 Å². The predicted octanol–water partition coefficient (Wildman–Crippen LogP) is 2.31. The number of hydrazone groups is 1. The Kier molecular flexibility index (Phi) is 3.62. The number of fused-ring (bicyclic) bond motifs is 1. The van der Waals surface area contributed by atoms with Crippen molar-refractivity contribution < 1.29 is 4.39 Å². The molecule has 0 spiro atoms. The summed E-state index contributed by atoms with van der Waals surface area (Å²) in [5, 5.41) is 21.5. The zero-order valence-electron chi connectivity index (χ0n) is 12.9. The van der Waals surface area contributed by atoms with E-state index < -0.39 is 5.82 Å². The Hall–Kier alpha value is -3.68. The molecule has 2 aromatic carbocycles. The molecule has 8 heteroatoms. The standard InChI is InChI=1S/C17H12FN7/c18-13-6-2-1-5-11(13)15-16(17(19)25-23-15)24-22-14-7-3-4-10-8-20-21-9-12(10)14/h1-9,22H,(H2,19,24,25). The lowest BCUT2D eigenvalue weighted by molar-refractivity contribution is 0.625. The summed E-state index contributed by atoms with van der Waals surface area (Å²) in [6.45, 7) is 0. The summed E-state index contributed by atoms with van der Waals surface area (Å²) in [5.74, 6) is -0.301. The predicted molar refractivity (Wildman–Crippen MR) is 95.2 cm³/mol. The topological polar surface area (TPSA) is 101 Å². The van der Waals surface area contributed by atoms with Crippen LogP contribution in [-0.4, -0.2) is 27.5 Å². The molecule has 7 nitrogen and oxygen atoms in total. The first-order chi connectivity index (χ1) is 12.2. The van der Waals surface area contributed by atoms with Crippen molar-refractivity contribution in [1.29, 1.82) is 0 Å². The molecule has 0 radical (unpaired) electrons. The van der Waals surface area contributed by atoms with E-state index in [1.807, 2.05) is 18.2 Å². The van der Waals surface area contributed by atoms with E-state index in [1.165, 1.54) is 6.07 Å². The lowest BCUT2D eigenvalue weighted by Gasteiger charge is -2.07. The molecule has 25 heavy (non-hydrogen) atoms. The van der Waals surface area contributed by atoms with Gasteiger partial charge in [-0.1, -0.05) is 24.3 Å². The summed E-state index contributed by atoms with van der Waals surface area (Å²) in [4.78, 5) is 0. The molecule has 0 unspecified atom stereocenters. The van der Waals surface area contributed by atoms with Gasteiger partial charge in [0.2, 0.25) is 0 Å². The largest absolute Gasteiger partial charge is 0.380 e. The van der Waals surface area contributed by atoms with Gasteiger partial charge >= 0.3 is 0 Å². The fourth-order valence-corrected chi connectivity index (χ4v) is 2.50. The number of halogens is 1. The van der Waals surface area contributed by atoms with Gasteiger partial charge in [0.15, 0.2) is 11.5 Å². The molecule has 3 aromatic rings. The first-order valence-corrected chi connectivity index (χ1v) is 7.44. The highest BCUT2D eigenvalue weighted by atomic mass is 19.1. The number of benzene rings is 2. The van der Waals surface area contributed by atoms with Gasteiger partial charge < -0.3 is 5.73 Å². The SMILES string of the molecule is NC1=NN=C(c2ccccc2F)/C1=N\Nc1cccc2cnncc12. The Bertz CT molecular complexity index is 1050. The van der Waals surface area contributed by atoms with E-state index in [1.54, 1.807) is 30.6 Å². The van der Waals surface area contributed by atoms with Crippen LogP contribution in [-0.2, 0) is 0 Å². The Morgan fingerprint density at radius 2 is 1.80 bits per heavy atom. The first-order valence-electron chi connectivity index (χ1n) is 7.44. The van der Waals surface area contributed by atoms with Crippen molar-refractivity contribution in [2.45, 2.75) is 0 Å². The van der Waals surface area contributed by atoms with Crippen molar-refractivity contribution >= 4 is 33.7 Å². The van der Waals surface area contributed by atoms with E-state index in [0.29, 0.717) is 5.69 Å². The molecule has 1 aliphatic rings. The van der Waals surface area contributed by atoms with Crippen LogP contribution in [0, 0.1) is 5.82 Å². The van der Waals surface area contributed by atoms with Crippen molar-refractivity contribution in [3.8, 4) is 0 Å². The monoisotopic (exact) mass is 333 g/mol. The molecular weight excluding hydrogens is 321 g/mol. The molecule has 0 saturated carbocycles. The Labute approximate surface area is 141 Å². The quantitative estimate of drug-likeness (QED) is 0.718. The van der Waals surface area contributed by atoms with Crippen molar-refractivity contribution in [2.24, 2.45) is 21.0 Å². The highest BCUT2D eigenvalue weighted by Gasteiger charge is 2.24. The average Bonchev–Trinajstić information content (AvgIpc) is 3.01. The minimum Gasteiger partial charge on any atom is -0.380 e. The van der Waals surface area contributed by atoms with Crippen molar-refractivity contribution in [2.75, 3.05) is 5.43 Å². The maximum absolute atomic E-state index is 14.1. The van der Waals surface area contributed by atoms with Gasteiger partial charge in [-0.15, -0.1) is 10.2 Å². The maximum Gasteiger partial charge on any atom is 0.176 e. The number of hydrogen-bond donors (Lipinski definition) is 2. The maximum atomic E-state index is 14.1. The molecule has 1 aromatic heterocycles. The van der Waals surface area contributed by atoms with Gasteiger partial charge in [-0.3, -0.25) is 5.43 Å². The van der Waals surface area contributed by atoms with Crippen LogP contribution >= 0.6 is 0 Å². The molecule has 0 amide bonds. The van der Waals surface area contributed by atoms with E-state index in [2.05, 4.69) is 30.9 Å². The van der Waals surface area contributed by atoms with E-state index in [-0.39, 0.29) is 22.8 Å². The smallest absolute Gasteiger partial charge is 0.176 e. The van der Waals surface area contributed by atoms with Crippen LogP contribution in [0.15, 0.2) is 70.2 Å². The summed E-state index contributed by atoms with van der Waals surface area (Å²) in [5.41, 5.74) is 10.4. The summed E-state index contributed by atoms with van der Waals surface area (Å²) in [7, 11) is 0. The van der Waals surface area contributed by atoms with Gasteiger partial charge in [-0.2, -0.15) is 15.3 Å². The second-order valence-corrected chi connectivity index (χ2v) is 5.28. The molecule has 122 valence electrons. The Morgan fingerprint density at radius 1 is 0.960 bits per heavy atom. The van der Waals surface area contributed by atoms with Crippen molar-refractivity contribution in [1.82, 2.24) is 10.2 Å². The second-order valence-electron chi connectivity index (χ2n) is 5.28. The number of nitrogens with one attached hydrogen (secondary N) is 1. The Balaban J connectivity index is 1.71. The third-order valence-corrected chi connectivity index (χ3v) is 3.73. The van der Waals surface area contributed by atoms with Crippen molar-refractivity contribution in [3.05, 3.63) is 66.2 Å². The van der Waals surface area contributed by atoms with E-state index in [4.69, 9.17) is 5.73 Å². The molecule has 1 aliphatic heterocycles. The van der Waals surface area contributed by atoms with Crippen LogP contribution in [0.2, 0.25) is 0 Å². The summed E-state index contributed by atoms with van der Waals surface area (Å²) < 4.78 is 14.1. The summed E-state index contributed by atoms with van der Waals surface area (Å²) in [6, 6.07) is 11.9. The molecule has 2 heterocycles. The minimum absolute atomic E-state index is 0.116. The van der Waals surface area contributed by atoms with Gasteiger partial charge in [0, 0.05) is 16.3 Å². The molecule has 4 rings (SSSR count). The number of hydrogen-bond acceptors (Lipinski definition) is 7. The molecular formula is C17H12FN7. The van der Waals surface area contributed by atoms with Crippen LogP contribution in [0.5, 0.6) is 0 Å². The number of anilines is 1. The van der Waals surface area contributed by atoms with Gasteiger partial charge in [-0.25, -0.2) is 4.39 Å². The number of rotatable bonds is 3. The zero-order valence-corrected chi connectivity index (χ0v) is 12.9. The number of nitrogens with zero attached hydrogens (tertiary/aromatic N) is 5. The molecule has 0 aliphatic carbocycles. The number of amidine groups is 1. The molecule has 0 bridgehead atoms. The van der Waals surface area contributed by atoms with Crippen LogP contribution in [0.4, 0.5) is 10.1 Å². The fourth-order valence-electron chi connectivity index (χ4n) is 2.50. The lowest BCUT2D eigenvalue weighted by atomic mass is 10.1. The summed E-state index contributed by atoms with van der Waals surface area (Å²) >= 11 is 0. The third kappa shape index (κ3) is 2.69. The van der Waals surface area contributed by atoms with Crippen molar-refractivity contribution in [3.63, 3.8) is 0 Å². The fraction of sp³-hybridized carbons (Fsp3) is 0. The number of nitrogens with two attached hydrogens (primary N) is 1. The molecule has 0 saturated heterocycles. The third-order valence-electron chi connectivity index (χ3n) is 3.73. The van der Waals surface area contributed by atoms with Gasteiger partial charge in [0.1, 0.15) is 11.5 Å². The van der Waals surface area contributed by atoms with Gasteiger partial charge in [-0.05, 0) is 18.2 Å². The normalized spacial score (nSPS) is 15.3.